The summed E-state index contributed by atoms with van der Waals surface area (Å²) < 4.78 is 0. The van der Waals surface area contributed by atoms with Gasteiger partial charge in [0.1, 0.15) is 0 Å². The maximum atomic E-state index is 11.6. The lowest BCUT2D eigenvalue weighted by Crippen LogP contribution is -2.38. The van der Waals surface area contributed by atoms with Gasteiger partial charge in [-0.15, -0.1) is 36.2 Å². The van der Waals surface area contributed by atoms with Gasteiger partial charge in [0.15, 0.2) is 0 Å². The Kier molecular flexibility index (Phi) is 12.4. The number of nitrogens with zero attached hydrogens (tertiary/aromatic N) is 1. The summed E-state index contributed by atoms with van der Waals surface area (Å²) in [4.78, 5) is 16.0. The highest BCUT2D eigenvalue weighted by Crippen LogP contribution is 2.11. The Labute approximate surface area is 137 Å². The Morgan fingerprint density at radius 1 is 1.40 bits per heavy atom. The maximum absolute atomic E-state index is 11.6. The molecule has 1 amide bonds. The van der Waals surface area contributed by atoms with Crippen LogP contribution in [-0.4, -0.2) is 23.5 Å². The Morgan fingerprint density at radius 2 is 2.05 bits per heavy atom. The van der Waals surface area contributed by atoms with Crippen molar-refractivity contribution < 1.29 is 4.79 Å². The summed E-state index contributed by atoms with van der Waals surface area (Å²) in [6, 6.07) is -0.0942. The van der Waals surface area contributed by atoms with Crippen LogP contribution in [0.2, 0.25) is 0 Å². The molecule has 0 spiro atoms. The summed E-state index contributed by atoms with van der Waals surface area (Å²) >= 11 is 1.71. The molecule has 1 aromatic heterocycles. The summed E-state index contributed by atoms with van der Waals surface area (Å²) in [6.45, 7) is 6.45. The fourth-order valence-corrected chi connectivity index (χ4v) is 2.35. The number of hydrogen-bond acceptors (Lipinski definition) is 4. The summed E-state index contributed by atoms with van der Waals surface area (Å²) in [5, 5.41) is 6.17. The number of carbonyl (C=O) groups excluding carboxylic acids is 1. The highest BCUT2D eigenvalue weighted by atomic mass is 35.5. The topological polar surface area (TPSA) is 68.0 Å². The van der Waals surface area contributed by atoms with Crippen molar-refractivity contribution in [2.24, 2.45) is 11.7 Å². The molecule has 0 aliphatic heterocycles. The van der Waals surface area contributed by atoms with Gasteiger partial charge in [-0.05, 0) is 33.1 Å². The molecule has 0 aromatic carbocycles. The summed E-state index contributed by atoms with van der Waals surface area (Å²) in [7, 11) is 0. The Bertz CT molecular complexity index is 385. The molecule has 0 fully saturated rings. The normalized spacial score (nSPS) is 12.8. The van der Waals surface area contributed by atoms with E-state index in [1.165, 1.54) is 5.01 Å². The van der Waals surface area contributed by atoms with Gasteiger partial charge in [-0.3, -0.25) is 4.79 Å². The van der Waals surface area contributed by atoms with Crippen LogP contribution < -0.4 is 11.1 Å². The number of halogens is 2. The van der Waals surface area contributed by atoms with E-state index in [9.17, 15) is 4.79 Å². The van der Waals surface area contributed by atoms with E-state index in [0.29, 0.717) is 0 Å². The second-order valence-electron chi connectivity index (χ2n) is 4.78. The minimum Gasteiger partial charge on any atom is -0.356 e. The molecule has 118 valence electrons. The average molecular weight is 342 g/mol. The molecule has 1 heterocycles. The number of unbranched alkanes of at least 4 members (excludes halogenated alkanes) is 1. The van der Waals surface area contributed by atoms with Gasteiger partial charge in [0.25, 0.3) is 0 Å². The van der Waals surface area contributed by atoms with E-state index in [0.717, 1.165) is 31.5 Å². The lowest BCUT2D eigenvalue weighted by molar-refractivity contribution is -0.124. The molecule has 0 saturated heterocycles. The minimum atomic E-state index is -0.119. The SMILES string of the molecule is Cc1csc(CCCCNC(=O)C(C)C(C)N)n1.Cl.Cl. The zero-order chi connectivity index (χ0) is 13.5. The Balaban J connectivity index is 0. The number of hydrogen-bond donors (Lipinski definition) is 2. The first kappa shape index (κ1) is 21.9. The Morgan fingerprint density at radius 3 is 2.55 bits per heavy atom. The number of carbonyl (C=O) groups is 1. The van der Waals surface area contributed by atoms with Gasteiger partial charge in [-0.1, -0.05) is 6.92 Å². The van der Waals surface area contributed by atoms with Crippen molar-refractivity contribution in [1.29, 1.82) is 0 Å². The largest absolute Gasteiger partial charge is 0.356 e. The number of rotatable bonds is 7. The number of nitrogens with one attached hydrogen (secondary N) is 1. The molecule has 0 saturated carbocycles. The van der Waals surface area contributed by atoms with Gasteiger partial charge in [-0.25, -0.2) is 4.98 Å². The molecule has 4 nitrogen and oxygen atoms in total. The summed E-state index contributed by atoms with van der Waals surface area (Å²) in [5.74, 6) is -0.0679. The highest BCUT2D eigenvalue weighted by Gasteiger charge is 2.15. The van der Waals surface area contributed by atoms with Crippen molar-refractivity contribution in [2.45, 2.75) is 46.1 Å². The summed E-state index contributed by atoms with van der Waals surface area (Å²) in [6.07, 6.45) is 3.03. The first-order valence-corrected chi connectivity index (χ1v) is 7.33. The highest BCUT2D eigenvalue weighted by molar-refractivity contribution is 7.09. The van der Waals surface area contributed by atoms with E-state index in [2.05, 4.69) is 15.7 Å². The molecule has 7 heteroatoms. The molecule has 1 aromatic rings. The maximum Gasteiger partial charge on any atom is 0.224 e. The second-order valence-corrected chi connectivity index (χ2v) is 5.72. The number of aryl methyl sites for hydroxylation is 2. The first-order valence-electron chi connectivity index (χ1n) is 6.45. The average Bonchev–Trinajstić information content (AvgIpc) is 2.73. The van der Waals surface area contributed by atoms with E-state index in [1.54, 1.807) is 11.3 Å². The van der Waals surface area contributed by atoms with Crippen LogP contribution in [0.3, 0.4) is 0 Å². The quantitative estimate of drug-likeness (QED) is 0.749. The number of nitrogens with two attached hydrogens (primary N) is 1. The lowest BCUT2D eigenvalue weighted by atomic mass is 10.0. The third-order valence-electron chi connectivity index (χ3n) is 2.99. The van der Waals surface area contributed by atoms with Crippen LogP contribution in [0.5, 0.6) is 0 Å². The van der Waals surface area contributed by atoms with E-state index in [-0.39, 0.29) is 42.7 Å². The molecule has 0 aliphatic rings. The molecular weight excluding hydrogens is 317 g/mol. The third kappa shape index (κ3) is 8.04. The fraction of sp³-hybridized carbons (Fsp3) is 0.692. The van der Waals surface area contributed by atoms with Crippen LogP contribution in [-0.2, 0) is 11.2 Å². The molecule has 2 atom stereocenters. The van der Waals surface area contributed by atoms with Crippen molar-refractivity contribution in [3.05, 3.63) is 16.1 Å². The van der Waals surface area contributed by atoms with E-state index in [1.807, 2.05) is 20.8 Å². The van der Waals surface area contributed by atoms with Gasteiger partial charge in [0.05, 0.1) is 5.01 Å². The Hall–Kier alpha value is -0.360. The van der Waals surface area contributed by atoms with Gasteiger partial charge in [0.2, 0.25) is 5.91 Å². The van der Waals surface area contributed by atoms with E-state index in [4.69, 9.17) is 5.73 Å². The molecule has 0 aliphatic carbocycles. The molecule has 3 N–H and O–H groups in total. The predicted octanol–water partition coefficient (Wildman–Crippen LogP) is 2.72. The van der Waals surface area contributed by atoms with Crippen molar-refractivity contribution >= 4 is 42.1 Å². The van der Waals surface area contributed by atoms with Crippen LogP contribution in [0.4, 0.5) is 0 Å². The second kappa shape index (κ2) is 11.3. The van der Waals surface area contributed by atoms with E-state index < -0.39 is 0 Å². The van der Waals surface area contributed by atoms with Crippen molar-refractivity contribution in [2.75, 3.05) is 6.54 Å². The summed E-state index contributed by atoms with van der Waals surface area (Å²) in [5.41, 5.74) is 6.77. The van der Waals surface area contributed by atoms with Crippen LogP contribution >= 0.6 is 36.2 Å². The zero-order valence-corrected chi connectivity index (χ0v) is 14.7. The zero-order valence-electron chi connectivity index (χ0n) is 12.2. The van der Waals surface area contributed by atoms with E-state index >= 15 is 0 Å². The lowest BCUT2D eigenvalue weighted by Gasteiger charge is -2.15. The fourth-order valence-electron chi connectivity index (χ4n) is 1.53. The molecule has 20 heavy (non-hydrogen) atoms. The molecule has 0 bridgehead atoms. The van der Waals surface area contributed by atoms with Gasteiger partial charge >= 0.3 is 0 Å². The third-order valence-corrected chi connectivity index (χ3v) is 4.01. The molecule has 0 radical (unpaired) electrons. The molecule has 2 unspecified atom stereocenters. The smallest absolute Gasteiger partial charge is 0.224 e. The monoisotopic (exact) mass is 341 g/mol. The van der Waals surface area contributed by atoms with Crippen LogP contribution in [0.15, 0.2) is 5.38 Å². The number of aromatic nitrogens is 1. The van der Waals surface area contributed by atoms with Gasteiger partial charge in [-0.2, -0.15) is 0 Å². The van der Waals surface area contributed by atoms with Crippen molar-refractivity contribution in [3.63, 3.8) is 0 Å². The minimum absolute atomic E-state index is 0. The molecular formula is C13H25Cl2N3OS. The van der Waals surface area contributed by atoms with Gasteiger partial charge in [0, 0.05) is 29.6 Å². The predicted molar refractivity (Wildman–Crippen MR) is 90.1 cm³/mol. The van der Waals surface area contributed by atoms with Crippen molar-refractivity contribution in [1.82, 2.24) is 10.3 Å². The van der Waals surface area contributed by atoms with Gasteiger partial charge < -0.3 is 11.1 Å². The molecule has 1 rings (SSSR count). The number of amides is 1. The van der Waals surface area contributed by atoms with Crippen LogP contribution in [0, 0.1) is 12.8 Å². The van der Waals surface area contributed by atoms with Crippen LogP contribution in [0.25, 0.3) is 0 Å². The standard InChI is InChI=1S/C13H23N3OS.2ClH/c1-9-8-18-12(16-9)6-4-5-7-15-13(17)10(2)11(3)14;;/h8,10-11H,4-7,14H2,1-3H3,(H,15,17);2*1H. The first-order chi connectivity index (χ1) is 8.50. The van der Waals surface area contributed by atoms with Crippen molar-refractivity contribution in [3.8, 4) is 0 Å². The number of thiazole rings is 1. The van der Waals surface area contributed by atoms with Crippen LogP contribution in [0.1, 0.15) is 37.4 Å².